The lowest BCUT2D eigenvalue weighted by molar-refractivity contribution is -0.220. The van der Waals surface area contributed by atoms with Crippen molar-refractivity contribution in [2.45, 2.75) is 249 Å². The van der Waals surface area contributed by atoms with Gasteiger partial charge in [0.1, 0.15) is 43.2 Å². The van der Waals surface area contributed by atoms with Crippen LogP contribution < -0.4 is 0 Å². The quantitative estimate of drug-likeness (QED) is 0.0145. The van der Waals surface area contributed by atoms with Gasteiger partial charge in [0.15, 0.2) is 6.10 Å². The molecule has 0 aromatic heterocycles. The van der Waals surface area contributed by atoms with Crippen molar-refractivity contribution in [3.63, 3.8) is 0 Å². The van der Waals surface area contributed by atoms with E-state index < -0.39 is 75.7 Å². The first-order valence-electron chi connectivity index (χ1n) is 26.7. The average molecular weight is 995 g/mol. The largest absolute Gasteiger partial charge is 0.472 e. The van der Waals surface area contributed by atoms with Crippen LogP contribution in [0.3, 0.4) is 0 Å². The number of carbonyl (C=O) groups excluding carboxylic acids is 2. The summed E-state index contributed by atoms with van der Waals surface area (Å²) in [6.45, 7) is 3.22. The maximum absolute atomic E-state index is 12.8. The fourth-order valence-corrected chi connectivity index (χ4v) is 8.68. The van der Waals surface area contributed by atoms with Gasteiger partial charge in [-0.1, -0.05) is 183 Å². The van der Waals surface area contributed by atoms with Gasteiger partial charge in [0.2, 0.25) is 0 Å². The van der Waals surface area contributed by atoms with Crippen LogP contribution in [0.2, 0.25) is 0 Å². The van der Waals surface area contributed by atoms with Crippen molar-refractivity contribution in [3.8, 4) is 0 Å². The summed E-state index contributed by atoms with van der Waals surface area (Å²) in [7, 11) is -5.15. The molecular formula is C55H95O13P. The molecule has 13 nitrogen and oxygen atoms in total. The fraction of sp³-hybridized carbons (Fsp3) is 0.745. The van der Waals surface area contributed by atoms with Gasteiger partial charge in [-0.25, -0.2) is 4.57 Å². The van der Waals surface area contributed by atoms with Crippen LogP contribution in [0.5, 0.6) is 0 Å². The first-order valence-corrected chi connectivity index (χ1v) is 28.2. The van der Waals surface area contributed by atoms with E-state index in [0.717, 1.165) is 44.9 Å². The van der Waals surface area contributed by atoms with Gasteiger partial charge >= 0.3 is 19.8 Å². The van der Waals surface area contributed by atoms with Gasteiger partial charge in [-0.05, 0) is 83.5 Å². The minimum absolute atomic E-state index is 0.00987. The van der Waals surface area contributed by atoms with Crippen molar-refractivity contribution < 1.29 is 63.1 Å². The van der Waals surface area contributed by atoms with Crippen LogP contribution in [0.1, 0.15) is 206 Å². The Morgan fingerprint density at radius 1 is 0.449 bits per heavy atom. The molecule has 0 spiro atoms. The molecule has 0 radical (unpaired) electrons. The van der Waals surface area contributed by atoms with Crippen LogP contribution in [0.15, 0.2) is 72.9 Å². The topological polar surface area (TPSA) is 210 Å². The van der Waals surface area contributed by atoms with Crippen molar-refractivity contribution in [2.24, 2.45) is 0 Å². The molecule has 0 heterocycles. The maximum Gasteiger partial charge on any atom is 0.472 e. The van der Waals surface area contributed by atoms with Crippen molar-refractivity contribution in [3.05, 3.63) is 72.9 Å². The van der Waals surface area contributed by atoms with E-state index >= 15 is 0 Å². The Morgan fingerprint density at radius 2 is 0.797 bits per heavy atom. The summed E-state index contributed by atoms with van der Waals surface area (Å²) in [6, 6.07) is 0. The number of hydrogen-bond acceptors (Lipinski definition) is 12. The van der Waals surface area contributed by atoms with E-state index in [-0.39, 0.29) is 12.8 Å². The third-order valence-electron chi connectivity index (χ3n) is 12.0. The molecule has 1 aliphatic carbocycles. The van der Waals surface area contributed by atoms with E-state index in [4.69, 9.17) is 18.5 Å². The Labute approximate surface area is 416 Å². The molecule has 0 aliphatic heterocycles. The highest BCUT2D eigenvalue weighted by molar-refractivity contribution is 7.47. The van der Waals surface area contributed by atoms with Gasteiger partial charge in [0.05, 0.1) is 6.61 Å². The number of aliphatic hydroxyl groups is 5. The molecule has 0 aromatic rings. The number of esters is 2. The fourth-order valence-electron chi connectivity index (χ4n) is 7.71. The van der Waals surface area contributed by atoms with Gasteiger partial charge in [-0.15, -0.1) is 0 Å². The van der Waals surface area contributed by atoms with E-state index in [1.165, 1.54) is 109 Å². The molecule has 1 fully saturated rings. The third kappa shape index (κ3) is 36.0. The van der Waals surface area contributed by atoms with Crippen molar-refractivity contribution >= 4 is 19.8 Å². The molecule has 1 saturated carbocycles. The van der Waals surface area contributed by atoms with Gasteiger partial charge in [-0.3, -0.25) is 18.6 Å². The Morgan fingerprint density at radius 3 is 1.28 bits per heavy atom. The second-order valence-corrected chi connectivity index (χ2v) is 19.8. The molecule has 0 amide bonds. The highest BCUT2D eigenvalue weighted by Crippen LogP contribution is 2.47. The highest BCUT2D eigenvalue weighted by atomic mass is 31.2. The smallest absolute Gasteiger partial charge is 0.462 e. The SMILES string of the molecule is CCCCC/C=C/C/C=C/C/C=C/C/C=C/CCCC(=O)O[C@@H](COC(=O)CCC/C=C/CC/C=C/CCCCCCCCCCCCCCCC)COP(=O)(O)OC1C(O)C(O)C(O)[C@H](O)C1O. The van der Waals surface area contributed by atoms with Gasteiger partial charge < -0.3 is 39.9 Å². The minimum Gasteiger partial charge on any atom is -0.462 e. The molecule has 6 N–H and O–H groups in total. The summed E-state index contributed by atoms with van der Waals surface area (Å²) in [4.78, 5) is 35.8. The van der Waals surface area contributed by atoms with Crippen LogP contribution >= 0.6 is 7.82 Å². The summed E-state index contributed by atoms with van der Waals surface area (Å²) in [5.74, 6) is -1.22. The lowest BCUT2D eigenvalue weighted by Gasteiger charge is -2.41. The number of unbranched alkanes of at least 4 members (excludes halogenated alkanes) is 20. The van der Waals surface area contributed by atoms with E-state index in [1.807, 2.05) is 18.2 Å². The number of phosphoric acid groups is 1. The number of allylic oxidation sites excluding steroid dienone is 12. The zero-order valence-corrected chi connectivity index (χ0v) is 43.5. The summed E-state index contributed by atoms with van der Waals surface area (Å²) < 4.78 is 33.5. The zero-order valence-electron chi connectivity index (χ0n) is 42.6. The number of carbonyl (C=O) groups is 2. The van der Waals surface area contributed by atoms with E-state index in [2.05, 4.69) is 68.5 Å². The molecule has 8 atom stereocenters. The Hall–Kier alpha value is -2.71. The second-order valence-electron chi connectivity index (χ2n) is 18.4. The standard InChI is InChI=1S/C55H95O13P/c1-3-5-7-9-11-13-15-17-19-21-22-23-24-25-26-28-29-31-33-35-37-39-41-43-48(56)65-45-47(46-66-69(63,64)68-55-53(61)51(59)50(58)52(60)54(55)62)67-49(57)44-42-40-38-36-34-32-30-27-20-18-16-14-12-10-8-6-4-2/h12,14,18,20,28-30,32,35-38,47,50-55,58-62H,3-11,13,15-17,19,21-27,31,33-34,39-46H2,1-2H3,(H,63,64)/b14-12+,20-18+,29-28+,32-30+,37-35+,38-36+/t47-,50?,51-,52?,53?,54?,55?/m0/s1. The first kappa shape index (κ1) is 64.3. The predicted molar refractivity (Wildman–Crippen MR) is 276 cm³/mol. The number of aliphatic hydroxyl groups excluding tert-OH is 5. The average Bonchev–Trinajstić information content (AvgIpc) is 3.33. The Bertz CT molecular complexity index is 1480. The Kier molecular flexibility index (Phi) is 41.0. The first-order chi connectivity index (χ1) is 33.4. The minimum atomic E-state index is -5.15. The molecular weight excluding hydrogens is 900 g/mol. The van der Waals surface area contributed by atoms with Gasteiger partial charge in [-0.2, -0.15) is 0 Å². The molecule has 14 heteroatoms. The number of hydrogen-bond donors (Lipinski definition) is 6. The molecule has 1 aliphatic rings. The summed E-state index contributed by atoms with van der Waals surface area (Å²) >= 11 is 0. The molecule has 398 valence electrons. The van der Waals surface area contributed by atoms with Crippen molar-refractivity contribution in [1.29, 1.82) is 0 Å². The normalized spacial score (nSPS) is 21.4. The van der Waals surface area contributed by atoms with Crippen LogP contribution in [-0.2, 0) is 32.7 Å². The second kappa shape index (κ2) is 44.0. The van der Waals surface area contributed by atoms with E-state index in [1.54, 1.807) is 0 Å². The lowest BCUT2D eigenvalue weighted by atomic mass is 9.85. The molecule has 69 heavy (non-hydrogen) atoms. The van der Waals surface area contributed by atoms with Gasteiger partial charge in [0.25, 0.3) is 0 Å². The number of phosphoric ester groups is 1. The van der Waals surface area contributed by atoms with E-state index in [0.29, 0.717) is 25.7 Å². The van der Waals surface area contributed by atoms with Crippen molar-refractivity contribution in [2.75, 3.05) is 13.2 Å². The molecule has 0 aromatic carbocycles. The van der Waals surface area contributed by atoms with Gasteiger partial charge in [0, 0.05) is 12.8 Å². The number of ether oxygens (including phenoxy) is 2. The Balaban J connectivity index is 2.43. The zero-order chi connectivity index (χ0) is 50.6. The molecule has 1 rings (SSSR count). The maximum atomic E-state index is 12.8. The summed E-state index contributed by atoms with van der Waals surface area (Å²) in [5, 5.41) is 50.3. The van der Waals surface area contributed by atoms with E-state index in [9.17, 15) is 44.6 Å². The molecule has 0 saturated heterocycles. The van der Waals surface area contributed by atoms with Crippen LogP contribution in [0, 0.1) is 0 Å². The lowest BCUT2D eigenvalue weighted by Crippen LogP contribution is -2.64. The van der Waals surface area contributed by atoms with Crippen molar-refractivity contribution in [1.82, 2.24) is 0 Å². The van der Waals surface area contributed by atoms with Crippen LogP contribution in [-0.4, -0.2) is 98.3 Å². The molecule has 6 unspecified atom stereocenters. The van der Waals surface area contributed by atoms with Crippen LogP contribution in [0.4, 0.5) is 0 Å². The summed E-state index contributed by atoms with van der Waals surface area (Å²) in [5.41, 5.74) is 0. The monoisotopic (exact) mass is 995 g/mol. The predicted octanol–water partition coefficient (Wildman–Crippen LogP) is 11.8. The molecule has 0 bridgehead atoms. The van der Waals surface area contributed by atoms with Crippen LogP contribution in [0.25, 0.3) is 0 Å². The number of rotatable bonds is 44. The third-order valence-corrected chi connectivity index (χ3v) is 13.0. The summed E-state index contributed by atoms with van der Waals surface area (Å²) in [6.07, 6.45) is 44.0. The highest BCUT2D eigenvalue weighted by Gasteiger charge is 2.51.